The summed E-state index contributed by atoms with van der Waals surface area (Å²) in [6, 6.07) is 14.1. The molecule has 0 bridgehead atoms. The molecule has 0 radical (unpaired) electrons. The molecule has 0 saturated carbocycles. The van der Waals surface area contributed by atoms with Gasteiger partial charge in [0.2, 0.25) is 0 Å². The first-order chi connectivity index (χ1) is 12.5. The Labute approximate surface area is 160 Å². The molecule has 0 saturated heterocycles. The molecule has 0 fully saturated rings. The van der Waals surface area contributed by atoms with Crippen LogP contribution in [0.5, 0.6) is 0 Å². The van der Waals surface area contributed by atoms with Crippen molar-refractivity contribution in [2.75, 3.05) is 19.1 Å². The summed E-state index contributed by atoms with van der Waals surface area (Å²) < 4.78 is 4.67. The first kappa shape index (κ1) is 18.2. The van der Waals surface area contributed by atoms with Crippen LogP contribution in [0, 0.1) is 0 Å². The minimum atomic E-state index is -0.397. The van der Waals surface area contributed by atoms with Crippen LogP contribution in [0.1, 0.15) is 15.9 Å². The predicted molar refractivity (Wildman–Crippen MR) is 106 cm³/mol. The molecule has 1 aliphatic rings. The average Bonchev–Trinajstić information content (AvgIpc) is 3.02. The Morgan fingerprint density at radius 1 is 1.15 bits per heavy atom. The number of benzene rings is 2. The third-order valence-electron chi connectivity index (χ3n) is 3.74. The van der Waals surface area contributed by atoms with Gasteiger partial charge in [0.25, 0.3) is 5.91 Å². The van der Waals surface area contributed by atoms with Crippen molar-refractivity contribution in [2.45, 2.75) is 0 Å². The fraction of sp³-hybridized carbons (Fsp3) is 0.105. The van der Waals surface area contributed by atoms with Crippen LogP contribution in [-0.2, 0) is 9.53 Å². The van der Waals surface area contributed by atoms with Crippen LogP contribution in [0.25, 0.3) is 6.08 Å². The fourth-order valence-corrected chi connectivity index (χ4v) is 3.32. The summed E-state index contributed by atoms with van der Waals surface area (Å²) in [4.78, 5) is 30.1. The molecule has 0 aliphatic carbocycles. The SMILES string of the molecule is COC(=O)c1ccc(/C=C2\SC(N(C)c3ccc(Cl)cc3)=NC2=O)cc1. The maximum Gasteiger partial charge on any atom is 0.337 e. The molecule has 3 rings (SSSR count). The van der Waals surface area contributed by atoms with Gasteiger partial charge < -0.3 is 9.64 Å². The number of anilines is 1. The van der Waals surface area contributed by atoms with Crippen molar-refractivity contribution in [1.29, 1.82) is 0 Å². The Kier molecular flexibility index (Phi) is 5.44. The summed E-state index contributed by atoms with van der Waals surface area (Å²) >= 11 is 7.21. The molecule has 0 N–H and O–H groups in total. The summed E-state index contributed by atoms with van der Waals surface area (Å²) in [6.45, 7) is 0. The highest BCUT2D eigenvalue weighted by molar-refractivity contribution is 8.18. The molecule has 26 heavy (non-hydrogen) atoms. The zero-order chi connectivity index (χ0) is 18.7. The topological polar surface area (TPSA) is 59.0 Å². The van der Waals surface area contributed by atoms with Gasteiger partial charge >= 0.3 is 5.97 Å². The normalized spacial score (nSPS) is 15.1. The number of amides is 1. The van der Waals surface area contributed by atoms with Crippen molar-refractivity contribution < 1.29 is 14.3 Å². The van der Waals surface area contributed by atoms with Crippen LogP contribution in [0.4, 0.5) is 5.69 Å². The Hall–Kier alpha value is -2.57. The minimum absolute atomic E-state index is 0.289. The van der Waals surface area contributed by atoms with E-state index in [1.807, 2.05) is 24.1 Å². The summed E-state index contributed by atoms with van der Waals surface area (Å²) in [6.07, 6.45) is 1.75. The van der Waals surface area contributed by atoms with Gasteiger partial charge in [0, 0.05) is 17.8 Å². The highest BCUT2D eigenvalue weighted by Crippen LogP contribution is 2.32. The van der Waals surface area contributed by atoms with E-state index >= 15 is 0 Å². The van der Waals surface area contributed by atoms with Crippen LogP contribution < -0.4 is 4.90 Å². The van der Waals surface area contributed by atoms with E-state index in [9.17, 15) is 9.59 Å². The lowest BCUT2D eigenvalue weighted by Gasteiger charge is -2.17. The van der Waals surface area contributed by atoms with Crippen molar-refractivity contribution >= 4 is 52.2 Å². The van der Waals surface area contributed by atoms with Crippen LogP contribution in [-0.4, -0.2) is 31.2 Å². The number of esters is 1. The molecular weight excluding hydrogens is 372 g/mol. The van der Waals surface area contributed by atoms with Gasteiger partial charge in [0.05, 0.1) is 17.6 Å². The van der Waals surface area contributed by atoms with Gasteiger partial charge in [-0.3, -0.25) is 4.79 Å². The Morgan fingerprint density at radius 2 is 1.81 bits per heavy atom. The Balaban J connectivity index is 1.75. The Bertz CT molecular complexity index is 905. The number of carbonyl (C=O) groups is 2. The fourth-order valence-electron chi connectivity index (χ4n) is 2.30. The van der Waals surface area contributed by atoms with E-state index in [0.717, 1.165) is 11.3 Å². The quantitative estimate of drug-likeness (QED) is 0.583. The average molecular weight is 387 g/mol. The molecule has 0 aromatic heterocycles. The van der Waals surface area contributed by atoms with Crippen molar-refractivity contribution in [2.24, 2.45) is 4.99 Å². The first-order valence-electron chi connectivity index (χ1n) is 7.68. The summed E-state index contributed by atoms with van der Waals surface area (Å²) in [7, 11) is 3.18. The summed E-state index contributed by atoms with van der Waals surface area (Å²) in [5.74, 6) is -0.686. The molecule has 132 valence electrons. The summed E-state index contributed by atoms with van der Waals surface area (Å²) in [5, 5.41) is 1.24. The van der Waals surface area contributed by atoms with E-state index in [4.69, 9.17) is 11.6 Å². The molecular formula is C19H15ClN2O3S. The largest absolute Gasteiger partial charge is 0.465 e. The molecule has 0 unspecified atom stereocenters. The van der Waals surface area contributed by atoms with E-state index in [0.29, 0.717) is 20.7 Å². The van der Waals surface area contributed by atoms with E-state index in [2.05, 4.69) is 9.73 Å². The lowest BCUT2D eigenvalue weighted by atomic mass is 10.1. The van der Waals surface area contributed by atoms with Crippen LogP contribution in [0.2, 0.25) is 5.02 Å². The number of hydrogen-bond donors (Lipinski definition) is 0. The van der Waals surface area contributed by atoms with Gasteiger partial charge in [0.1, 0.15) is 0 Å². The standard InChI is InChI=1S/C19H15ClN2O3S/c1-22(15-9-7-14(20)8-10-15)19-21-17(23)16(26-19)11-12-3-5-13(6-4-12)18(24)25-2/h3-11H,1-2H3/b16-11-. The van der Waals surface area contributed by atoms with E-state index in [-0.39, 0.29) is 5.91 Å². The molecule has 5 nitrogen and oxygen atoms in total. The first-order valence-corrected chi connectivity index (χ1v) is 8.87. The molecule has 1 aliphatic heterocycles. The molecule has 1 heterocycles. The van der Waals surface area contributed by atoms with E-state index < -0.39 is 5.97 Å². The molecule has 2 aromatic rings. The number of aliphatic imine (C=N–C) groups is 1. The van der Waals surface area contributed by atoms with Crippen molar-refractivity contribution in [3.8, 4) is 0 Å². The van der Waals surface area contributed by atoms with Gasteiger partial charge in [-0.25, -0.2) is 4.79 Å². The van der Waals surface area contributed by atoms with Crippen LogP contribution >= 0.6 is 23.4 Å². The maximum absolute atomic E-state index is 12.2. The number of halogens is 1. The molecule has 0 spiro atoms. The number of carbonyl (C=O) groups excluding carboxylic acids is 2. The van der Waals surface area contributed by atoms with Crippen molar-refractivity contribution in [1.82, 2.24) is 0 Å². The second kappa shape index (κ2) is 7.76. The highest BCUT2D eigenvalue weighted by Gasteiger charge is 2.25. The van der Waals surface area contributed by atoms with Crippen LogP contribution in [0.15, 0.2) is 58.4 Å². The van der Waals surface area contributed by atoms with Crippen molar-refractivity contribution in [3.05, 3.63) is 69.6 Å². The van der Waals surface area contributed by atoms with Crippen molar-refractivity contribution in [3.63, 3.8) is 0 Å². The smallest absolute Gasteiger partial charge is 0.337 e. The van der Waals surface area contributed by atoms with Gasteiger partial charge in [-0.2, -0.15) is 4.99 Å². The summed E-state index contributed by atoms with van der Waals surface area (Å²) in [5.41, 5.74) is 2.15. The number of thioether (sulfide) groups is 1. The number of ether oxygens (including phenoxy) is 1. The third-order valence-corrected chi connectivity index (χ3v) is 5.05. The molecule has 0 atom stereocenters. The zero-order valence-electron chi connectivity index (χ0n) is 14.1. The second-order valence-electron chi connectivity index (χ2n) is 5.46. The lowest BCUT2D eigenvalue weighted by molar-refractivity contribution is -0.113. The Morgan fingerprint density at radius 3 is 2.42 bits per heavy atom. The third kappa shape index (κ3) is 3.98. The van der Waals surface area contributed by atoms with E-state index in [1.54, 1.807) is 42.5 Å². The van der Waals surface area contributed by atoms with E-state index in [1.165, 1.54) is 18.9 Å². The number of nitrogens with zero attached hydrogens (tertiary/aromatic N) is 2. The predicted octanol–water partition coefficient (Wildman–Crippen LogP) is 4.23. The van der Waals surface area contributed by atoms with Gasteiger partial charge in [0.15, 0.2) is 5.17 Å². The zero-order valence-corrected chi connectivity index (χ0v) is 15.7. The van der Waals surface area contributed by atoms with Gasteiger partial charge in [-0.1, -0.05) is 23.7 Å². The molecule has 2 aromatic carbocycles. The second-order valence-corrected chi connectivity index (χ2v) is 6.90. The number of methoxy groups -OCH3 is 1. The molecule has 7 heteroatoms. The monoisotopic (exact) mass is 386 g/mol. The number of rotatable bonds is 3. The number of amidine groups is 1. The maximum atomic E-state index is 12.2. The van der Waals surface area contributed by atoms with Gasteiger partial charge in [-0.05, 0) is 59.8 Å². The van der Waals surface area contributed by atoms with Gasteiger partial charge in [-0.15, -0.1) is 0 Å². The molecule has 1 amide bonds. The number of hydrogen-bond acceptors (Lipinski definition) is 5. The minimum Gasteiger partial charge on any atom is -0.465 e. The van der Waals surface area contributed by atoms with Crippen LogP contribution in [0.3, 0.4) is 0 Å². The lowest BCUT2D eigenvalue weighted by Crippen LogP contribution is -2.21. The highest BCUT2D eigenvalue weighted by atomic mass is 35.5.